The zero-order valence-electron chi connectivity index (χ0n) is 17.1. The number of nitrogens with zero attached hydrogens (tertiary/aromatic N) is 2. The van der Waals surface area contributed by atoms with Gasteiger partial charge in [-0.15, -0.1) is 24.0 Å². The Morgan fingerprint density at radius 3 is 2.55 bits per heavy atom. The molecule has 2 aromatic carbocycles. The fourth-order valence-electron chi connectivity index (χ4n) is 3.19. The third-order valence-electron chi connectivity index (χ3n) is 4.68. The van der Waals surface area contributed by atoms with Gasteiger partial charge in [0.1, 0.15) is 0 Å². The largest absolute Gasteiger partial charge is 0.493 e. The lowest BCUT2D eigenvalue weighted by atomic mass is 10.2. The van der Waals surface area contributed by atoms with Crippen molar-refractivity contribution in [1.29, 1.82) is 0 Å². The van der Waals surface area contributed by atoms with Crippen LogP contribution in [0.3, 0.4) is 0 Å². The summed E-state index contributed by atoms with van der Waals surface area (Å²) in [6.45, 7) is 2.47. The van der Waals surface area contributed by atoms with E-state index in [1.807, 2.05) is 18.2 Å². The molecule has 1 heterocycles. The molecule has 0 saturated carbocycles. The monoisotopic (exact) mass is 508 g/mol. The topological polar surface area (TPSA) is 59.8 Å². The molecule has 1 aromatic heterocycles. The van der Waals surface area contributed by atoms with Crippen LogP contribution in [0.15, 0.2) is 59.7 Å². The van der Waals surface area contributed by atoms with Gasteiger partial charge < -0.3 is 24.7 Å². The third kappa shape index (κ3) is 6.03. The van der Waals surface area contributed by atoms with Crippen molar-refractivity contribution in [1.82, 2.24) is 15.2 Å². The first-order chi connectivity index (χ1) is 13.7. The Labute approximate surface area is 189 Å². The smallest absolute Gasteiger partial charge is 0.191 e. The van der Waals surface area contributed by atoms with Gasteiger partial charge in [-0.05, 0) is 41.6 Å². The van der Waals surface area contributed by atoms with Crippen LogP contribution in [0.2, 0.25) is 0 Å². The van der Waals surface area contributed by atoms with Gasteiger partial charge in [-0.1, -0.05) is 24.3 Å². The van der Waals surface area contributed by atoms with Gasteiger partial charge in [0.2, 0.25) is 0 Å². The molecule has 29 heavy (non-hydrogen) atoms. The summed E-state index contributed by atoms with van der Waals surface area (Å²) in [5, 5.41) is 7.98. The zero-order chi connectivity index (χ0) is 19.8. The molecule has 6 nitrogen and oxygen atoms in total. The molecular weight excluding hydrogens is 479 g/mol. The summed E-state index contributed by atoms with van der Waals surface area (Å²) < 4.78 is 12.9. The van der Waals surface area contributed by atoms with E-state index in [0.29, 0.717) is 6.54 Å². The second kappa shape index (κ2) is 11.5. The molecule has 0 atom stereocenters. The summed E-state index contributed by atoms with van der Waals surface area (Å²) >= 11 is 0. The van der Waals surface area contributed by atoms with E-state index in [4.69, 9.17) is 9.47 Å². The first kappa shape index (κ1) is 22.9. The number of benzene rings is 2. The molecule has 0 radical (unpaired) electrons. The highest BCUT2D eigenvalue weighted by atomic mass is 127. The van der Waals surface area contributed by atoms with Crippen LogP contribution >= 0.6 is 24.0 Å². The van der Waals surface area contributed by atoms with Gasteiger partial charge in [-0.3, -0.25) is 4.99 Å². The summed E-state index contributed by atoms with van der Waals surface area (Å²) in [6.07, 6.45) is 3.16. The quantitative estimate of drug-likeness (QED) is 0.209. The number of hydrogen-bond donors (Lipinski definition) is 2. The second-order valence-electron chi connectivity index (χ2n) is 6.46. The predicted octanol–water partition coefficient (Wildman–Crippen LogP) is 4.03. The molecule has 0 saturated heterocycles. The average Bonchev–Trinajstić information content (AvgIpc) is 3.16. The van der Waals surface area contributed by atoms with E-state index in [1.165, 1.54) is 10.9 Å². The first-order valence-electron chi connectivity index (χ1n) is 9.44. The molecular formula is C22H29IN4O2. The number of para-hydroxylation sites is 1. The Bertz CT molecular complexity index is 939. The van der Waals surface area contributed by atoms with Crippen LogP contribution in [0.25, 0.3) is 10.9 Å². The van der Waals surface area contributed by atoms with Gasteiger partial charge in [0, 0.05) is 38.4 Å². The van der Waals surface area contributed by atoms with Gasteiger partial charge in [0.25, 0.3) is 0 Å². The minimum absolute atomic E-state index is 0. The Morgan fingerprint density at radius 1 is 1.00 bits per heavy atom. The summed E-state index contributed by atoms with van der Waals surface area (Å²) in [5.41, 5.74) is 2.37. The van der Waals surface area contributed by atoms with Gasteiger partial charge in [0.15, 0.2) is 17.5 Å². The molecule has 0 aliphatic carbocycles. The van der Waals surface area contributed by atoms with Gasteiger partial charge in [-0.2, -0.15) is 0 Å². The normalized spacial score (nSPS) is 11.1. The molecule has 3 rings (SSSR count). The molecule has 0 spiro atoms. The van der Waals surface area contributed by atoms with Gasteiger partial charge in [-0.25, -0.2) is 0 Å². The van der Waals surface area contributed by atoms with Crippen LogP contribution in [0.1, 0.15) is 12.0 Å². The first-order valence-corrected chi connectivity index (χ1v) is 9.44. The minimum Gasteiger partial charge on any atom is -0.493 e. The number of guanidine groups is 1. The van der Waals surface area contributed by atoms with E-state index in [1.54, 1.807) is 21.3 Å². The molecule has 156 valence electrons. The van der Waals surface area contributed by atoms with Crippen LogP contribution in [0, 0.1) is 0 Å². The van der Waals surface area contributed by atoms with E-state index in [9.17, 15) is 0 Å². The molecule has 0 amide bonds. The average molecular weight is 508 g/mol. The predicted molar refractivity (Wildman–Crippen MR) is 130 cm³/mol. The van der Waals surface area contributed by atoms with Crippen molar-refractivity contribution >= 4 is 40.8 Å². The van der Waals surface area contributed by atoms with Crippen LogP contribution < -0.4 is 20.1 Å². The van der Waals surface area contributed by atoms with E-state index >= 15 is 0 Å². The van der Waals surface area contributed by atoms with E-state index in [0.717, 1.165) is 42.5 Å². The number of aliphatic imine (C=N–C) groups is 1. The molecule has 0 fully saturated rings. The van der Waals surface area contributed by atoms with Crippen molar-refractivity contribution in [2.45, 2.75) is 19.5 Å². The maximum atomic E-state index is 5.35. The van der Waals surface area contributed by atoms with E-state index in [2.05, 4.69) is 56.7 Å². The molecule has 3 aromatic rings. The van der Waals surface area contributed by atoms with Crippen molar-refractivity contribution in [3.63, 3.8) is 0 Å². The molecule has 0 aliphatic rings. The lowest BCUT2D eigenvalue weighted by Crippen LogP contribution is -2.37. The highest BCUT2D eigenvalue weighted by Gasteiger charge is 2.05. The summed E-state index contributed by atoms with van der Waals surface area (Å²) in [4.78, 5) is 4.30. The second-order valence-corrected chi connectivity index (χ2v) is 6.46. The Hall–Kier alpha value is -2.42. The maximum absolute atomic E-state index is 5.35. The number of rotatable bonds is 8. The summed E-state index contributed by atoms with van der Waals surface area (Å²) in [7, 11) is 5.06. The number of halogens is 1. The number of ether oxygens (including phenoxy) is 2. The minimum atomic E-state index is 0. The standard InChI is InChI=1S/C22H28N4O2.HI/c1-23-22(25-16-17-9-10-20(27-2)21(15-17)28-3)24-12-6-13-26-14-11-18-7-4-5-8-19(18)26;/h4-5,7-11,14-15H,6,12-13,16H2,1-3H3,(H2,23,24,25);1H. The fraction of sp³-hybridized carbons (Fsp3) is 0.318. The van der Waals surface area contributed by atoms with Crippen molar-refractivity contribution in [2.24, 2.45) is 4.99 Å². The molecule has 7 heteroatoms. The van der Waals surface area contributed by atoms with Crippen LogP contribution in [-0.4, -0.2) is 38.3 Å². The molecule has 0 unspecified atom stereocenters. The van der Waals surface area contributed by atoms with Crippen LogP contribution in [-0.2, 0) is 13.1 Å². The zero-order valence-corrected chi connectivity index (χ0v) is 19.5. The number of aromatic nitrogens is 1. The van der Waals surface area contributed by atoms with Crippen molar-refractivity contribution in [3.05, 3.63) is 60.3 Å². The highest BCUT2D eigenvalue weighted by Crippen LogP contribution is 2.27. The van der Waals surface area contributed by atoms with E-state index in [-0.39, 0.29) is 24.0 Å². The Balaban J connectivity index is 0.00000300. The number of methoxy groups -OCH3 is 2. The van der Waals surface area contributed by atoms with E-state index < -0.39 is 0 Å². The summed E-state index contributed by atoms with van der Waals surface area (Å²) in [5.74, 6) is 2.24. The number of nitrogens with one attached hydrogen (secondary N) is 2. The Morgan fingerprint density at radius 2 is 1.79 bits per heavy atom. The molecule has 0 bridgehead atoms. The summed E-state index contributed by atoms with van der Waals surface area (Å²) in [6, 6.07) is 16.5. The highest BCUT2D eigenvalue weighted by molar-refractivity contribution is 14.0. The number of hydrogen-bond acceptors (Lipinski definition) is 3. The van der Waals surface area contributed by atoms with Crippen LogP contribution in [0.5, 0.6) is 11.5 Å². The maximum Gasteiger partial charge on any atom is 0.191 e. The van der Waals surface area contributed by atoms with Gasteiger partial charge >= 0.3 is 0 Å². The lowest BCUT2D eigenvalue weighted by Gasteiger charge is -2.14. The lowest BCUT2D eigenvalue weighted by molar-refractivity contribution is 0.354. The number of fused-ring (bicyclic) bond motifs is 1. The molecule has 2 N–H and O–H groups in total. The van der Waals surface area contributed by atoms with Crippen molar-refractivity contribution < 1.29 is 9.47 Å². The van der Waals surface area contributed by atoms with Crippen molar-refractivity contribution in [3.8, 4) is 11.5 Å². The van der Waals surface area contributed by atoms with Crippen LogP contribution in [0.4, 0.5) is 0 Å². The van der Waals surface area contributed by atoms with Crippen molar-refractivity contribution in [2.75, 3.05) is 27.8 Å². The SMILES string of the molecule is CN=C(NCCCn1ccc2ccccc21)NCc1ccc(OC)c(OC)c1.I. The van der Waals surface area contributed by atoms with Gasteiger partial charge in [0.05, 0.1) is 14.2 Å². The number of aryl methyl sites for hydroxylation is 1. The Kier molecular flexibility index (Phi) is 9.11. The third-order valence-corrected chi connectivity index (χ3v) is 4.68. The fourth-order valence-corrected chi connectivity index (χ4v) is 3.19. The molecule has 0 aliphatic heterocycles.